The molecule has 0 radical (unpaired) electrons. The van der Waals surface area contributed by atoms with E-state index in [1.54, 1.807) is 4.57 Å². The van der Waals surface area contributed by atoms with Gasteiger partial charge in [0.25, 0.3) is 5.91 Å². The summed E-state index contributed by atoms with van der Waals surface area (Å²) in [7, 11) is 0. The SMILES string of the molecule is Cc1csc(/N=c2/sc(C3=c4cc(F)ccc4=NC3=O)c(O)n2-c2ccccc2)n1. The van der Waals surface area contributed by atoms with Crippen molar-refractivity contribution in [3.63, 3.8) is 0 Å². The largest absolute Gasteiger partial charge is 0.493 e. The Balaban J connectivity index is 1.84. The smallest absolute Gasteiger partial charge is 0.279 e. The van der Waals surface area contributed by atoms with E-state index in [0.717, 1.165) is 17.0 Å². The maximum atomic E-state index is 13.9. The minimum Gasteiger partial charge on any atom is -0.493 e. The zero-order valence-electron chi connectivity index (χ0n) is 15.5. The number of nitrogens with zero attached hydrogens (tertiary/aromatic N) is 4. The second kappa shape index (κ2) is 7.12. The summed E-state index contributed by atoms with van der Waals surface area (Å²) in [5, 5.41) is 14.3. The maximum Gasteiger partial charge on any atom is 0.279 e. The first-order valence-corrected chi connectivity index (χ1v) is 10.6. The maximum absolute atomic E-state index is 13.9. The first kappa shape index (κ1) is 18.6. The number of thiazole rings is 2. The van der Waals surface area contributed by atoms with Crippen molar-refractivity contribution >= 4 is 39.3 Å². The second-order valence-corrected chi connectivity index (χ2v) is 8.36. The van der Waals surface area contributed by atoms with E-state index in [9.17, 15) is 14.3 Å². The number of para-hydroxylation sites is 1. The molecule has 5 rings (SSSR count). The average Bonchev–Trinajstić information content (AvgIpc) is 3.37. The van der Waals surface area contributed by atoms with Gasteiger partial charge in [0.15, 0.2) is 4.80 Å². The zero-order valence-corrected chi connectivity index (χ0v) is 17.2. The van der Waals surface area contributed by atoms with Crippen LogP contribution < -0.4 is 15.4 Å². The lowest BCUT2D eigenvalue weighted by molar-refractivity contribution is -0.112. The molecule has 148 valence electrons. The number of benzene rings is 2. The predicted molar refractivity (Wildman–Crippen MR) is 112 cm³/mol. The minimum atomic E-state index is -0.524. The van der Waals surface area contributed by atoms with Crippen LogP contribution in [0.5, 0.6) is 5.88 Å². The van der Waals surface area contributed by atoms with E-state index in [4.69, 9.17) is 0 Å². The van der Waals surface area contributed by atoms with Crippen LogP contribution in [0.3, 0.4) is 0 Å². The van der Waals surface area contributed by atoms with Crippen molar-refractivity contribution in [1.82, 2.24) is 9.55 Å². The van der Waals surface area contributed by atoms with Crippen molar-refractivity contribution in [3.05, 3.63) is 85.7 Å². The molecule has 1 aliphatic heterocycles. The molecule has 30 heavy (non-hydrogen) atoms. The fourth-order valence-corrected chi connectivity index (χ4v) is 5.00. The first-order chi connectivity index (χ1) is 14.5. The highest BCUT2D eigenvalue weighted by molar-refractivity contribution is 7.13. The zero-order chi connectivity index (χ0) is 20.8. The molecule has 0 fully saturated rings. The standard InChI is InChI=1S/C21H13FN4O2S2/c1-11-10-29-20(23-11)25-21-26(13-5-3-2-4-6-13)19(28)17(30-21)16-14-9-12(22)7-8-15(14)24-18(16)27/h2-10,28H,1H3/b25-21+. The van der Waals surface area contributed by atoms with Gasteiger partial charge in [-0.15, -0.1) is 11.3 Å². The number of rotatable bonds is 3. The molecule has 0 aliphatic carbocycles. The van der Waals surface area contributed by atoms with Gasteiger partial charge in [-0.3, -0.25) is 9.36 Å². The molecule has 6 nitrogen and oxygen atoms in total. The third-order valence-corrected chi connectivity index (χ3v) is 6.40. The molecule has 0 saturated heterocycles. The average molecular weight is 436 g/mol. The highest BCUT2D eigenvalue weighted by atomic mass is 32.1. The molecule has 4 aromatic rings. The van der Waals surface area contributed by atoms with Crippen LogP contribution in [0.25, 0.3) is 11.3 Å². The summed E-state index contributed by atoms with van der Waals surface area (Å²) in [4.78, 5) is 26.3. The van der Waals surface area contributed by atoms with Gasteiger partial charge in [-0.05, 0) is 37.3 Å². The van der Waals surface area contributed by atoms with Crippen LogP contribution >= 0.6 is 22.7 Å². The summed E-state index contributed by atoms with van der Waals surface area (Å²) in [6, 6.07) is 13.1. The van der Waals surface area contributed by atoms with E-state index in [1.807, 2.05) is 42.6 Å². The summed E-state index contributed by atoms with van der Waals surface area (Å²) in [6.07, 6.45) is 0. The Morgan fingerprint density at radius 1 is 1.17 bits per heavy atom. The van der Waals surface area contributed by atoms with Gasteiger partial charge in [0.1, 0.15) is 10.7 Å². The van der Waals surface area contributed by atoms with Crippen LogP contribution in [0.1, 0.15) is 10.6 Å². The Kier molecular flexibility index (Phi) is 4.41. The van der Waals surface area contributed by atoms with Gasteiger partial charge in [-0.2, -0.15) is 4.99 Å². The van der Waals surface area contributed by atoms with E-state index in [2.05, 4.69) is 15.0 Å². The lowest BCUT2D eigenvalue weighted by Gasteiger charge is -2.05. The first-order valence-electron chi connectivity index (χ1n) is 8.91. The van der Waals surface area contributed by atoms with E-state index in [1.165, 1.54) is 29.5 Å². The highest BCUT2D eigenvalue weighted by Gasteiger charge is 2.26. The number of amides is 1. The number of fused-ring (bicyclic) bond motifs is 1. The third kappa shape index (κ3) is 3.08. The van der Waals surface area contributed by atoms with Crippen molar-refractivity contribution in [3.8, 4) is 11.6 Å². The summed E-state index contributed by atoms with van der Waals surface area (Å²) in [5.74, 6) is -1.16. The Labute approximate surface area is 177 Å². The number of carbonyl (C=O) groups excluding carboxylic acids is 1. The number of hydrogen-bond donors (Lipinski definition) is 1. The van der Waals surface area contributed by atoms with Gasteiger partial charge in [-0.25, -0.2) is 14.4 Å². The second-order valence-electron chi connectivity index (χ2n) is 6.55. The predicted octanol–water partition coefficient (Wildman–Crippen LogP) is 2.74. The van der Waals surface area contributed by atoms with Crippen LogP contribution in [0.15, 0.2) is 63.9 Å². The molecule has 1 aliphatic rings. The number of carbonyl (C=O) groups is 1. The molecule has 0 bridgehead atoms. The molecule has 2 aromatic carbocycles. The fraction of sp³-hybridized carbons (Fsp3) is 0.0476. The Morgan fingerprint density at radius 3 is 2.70 bits per heavy atom. The monoisotopic (exact) mass is 436 g/mol. The fourth-order valence-electron chi connectivity index (χ4n) is 3.20. The number of aromatic nitrogens is 2. The topological polar surface area (TPSA) is 79.8 Å². The molecular formula is C21H13FN4O2S2. The highest BCUT2D eigenvalue weighted by Crippen LogP contribution is 2.31. The van der Waals surface area contributed by atoms with Crippen molar-refractivity contribution in [2.45, 2.75) is 6.92 Å². The molecular weight excluding hydrogens is 423 g/mol. The molecule has 3 heterocycles. The van der Waals surface area contributed by atoms with Crippen molar-refractivity contribution < 1.29 is 14.3 Å². The van der Waals surface area contributed by atoms with Crippen LogP contribution in [0, 0.1) is 12.7 Å². The van der Waals surface area contributed by atoms with Gasteiger partial charge >= 0.3 is 0 Å². The van der Waals surface area contributed by atoms with E-state index < -0.39 is 11.7 Å². The number of aromatic hydroxyl groups is 1. The van der Waals surface area contributed by atoms with Crippen molar-refractivity contribution in [2.75, 3.05) is 0 Å². The minimum absolute atomic E-state index is 0.158. The lowest BCUT2D eigenvalue weighted by Crippen LogP contribution is -2.23. The molecule has 1 amide bonds. The molecule has 1 N–H and O–H groups in total. The molecule has 0 saturated carbocycles. The van der Waals surface area contributed by atoms with Crippen molar-refractivity contribution in [2.24, 2.45) is 9.98 Å². The Morgan fingerprint density at radius 2 is 1.97 bits per heavy atom. The Bertz CT molecular complexity index is 1500. The molecule has 9 heteroatoms. The van der Waals surface area contributed by atoms with Gasteiger partial charge < -0.3 is 5.11 Å². The quantitative estimate of drug-likeness (QED) is 0.536. The van der Waals surface area contributed by atoms with Gasteiger partial charge in [-0.1, -0.05) is 29.5 Å². The lowest BCUT2D eigenvalue weighted by atomic mass is 10.1. The molecule has 0 spiro atoms. The Hall–Kier alpha value is -3.43. The van der Waals surface area contributed by atoms with Crippen LogP contribution in [-0.2, 0) is 4.79 Å². The van der Waals surface area contributed by atoms with Gasteiger partial charge in [0, 0.05) is 10.6 Å². The number of aryl methyl sites for hydroxylation is 1. The molecule has 0 unspecified atom stereocenters. The van der Waals surface area contributed by atoms with Crippen LogP contribution in [0.4, 0.5) is 9.52 Å². The van der Waals surface area contributed by atoms with Crippen molar-refractivity contribution in [1.29, 1.82) is 0 Å². The summed E-state index contributed by atoms with van der Waals surface area (Å²) < 4.78 is 15.4. The number of halogens is 1. The van der Waals surface area contributed by atoms with E-state index in [0.29, 0.717) is 26.2 Å². The van der Waals surface area contributed by atoms with E-state index >= 15 is 0 Å². The normalized spacial score (nSPS) is 13.6. The summed E-state index contributed by atoms with van der Waals surface area (Å²) >= 11 is 2.51. The van der Waals surface area contributed by atoms with Crippen LogP contribution in [0.2, 0.25) is 0 Å². The molecule has 0 atom stereocenters. The third-order valence-electron chi connectivity index (χ3n) is 4.50. The van der Waals surface area contributed by atoms with Crippen LogP contribution in [-0.4, -0.2) is 20.6 Å². The number of hydrogen-bond acceptors (Lipinski definition) is 6. The van der Waals surface area contributed by atoms with E-state index in [-0.39, 0.29) is 16.3 Å². The summed E-state index contributed by atoms with van der Waals surface area (Å²) in [5.41, 5.74) is 1.68. The molecule has 2 aromatic heterocycles. The van der Waals surface area contributed by atoms with Gasteiger partial charge in [0.05, 0.1) is 22.3 Å². The summed E-state index contributed by atoms with van der Waals surface area (Å²) in [6.45, 7) is 1.87. The van der Waals surface area contributed by atoms with Gasteiger partial charge in [0.2, 0.25) is 11.0 Å².